The van der Waals surface area contributed by atoms with E-state index in [1.54, 1.807) is 0 Å². The van der Waals surface area contributed by atoms with Gasteiger partial charge in [0, 0.05) is 0 Å². The SMILES string of the molecule is C[C@H](c1cccc[c]1[Bi]([Cl])[c]1ccccc1)N(C)C. The zero-order valence-electron chi connectivity index (χ0n) is 11.5. The summed E-state index contributed by atoms with van der Waals surface area (Å²) >= 11 is -2.32. The average Bonchev–Trinajstić information content (AvgIpc) is 2.46. The summed E-state index contributed by atoms with van der Waals surface area (Å²) in [5, 5.41) is 0. The van der Waals surface area contributed by atoms with Crippen molar-refractivity contribution in [3.05, 3.63) is 60.2 Å². The molecule has 0 aliphatic rings. The molecular formula is C16H19BiClN. The third-order valence-corrected chi connectivity index (χ3v) is 12.8. The third-order valence-electron chi connectivity index (χ3n) is 3.36. The molecule has 2 rings (SSSR count). The normalized spacial score (nSPS) is 12.9. The number of hydrogen-bond acceptors (Lipinski definition) is 1. The van der Waals surface area contributed by atoms with Gasteiger partial charge < -0.3 is 0 Å². The molecule has 0 amide bonds. The van der Waals surface area contributed by atoms with E-state index in [0.717, 1.165) is 0 Å². The van der Waals surface area contributed by atoms with Crippen molar-refractivity contribution in [3.63, 3.8) is 0 Å². The summed E-state index contributed by atoms with van der Waals surface area (Å²) in [5.74, 6) is 0. The van der Waals surface area contributed by atoms with Gasteiger partial charge in [0.2, 0.25) is 0 Å². The first kappa shape index (κ1) is 15.0. The van der Waals surface area contributed by atoms with Gasteiger partial charge in [0.1, 0.15) is 0 Å². The molecule has 1 nitrogen and oxygen atoms in total. The van der Waals surface area contributed by atoms with Crippen LogP contribution in [-0.4, -0.2) is 39.6 Å². The predicted molar refractivity (Wildman–Crippen MR) is 85.9 cm³/mol. The number of hydrogen-bond donors (Lipinski definition) is 0. The molecule has 0 aliphatic carbocycles. The summed E-state index contributed by atoms with van der Waals surface area (Å²) in [6, 6.07) is 19.6. The molecule has 0 N–H and O–H groups in total. The fourth-order valence-corrected chi connectivity index (χ4v) is 9.84. The Morgan fingerprint density at radius 1 is 0.947 bits per heavy atom. The summed E-state index contributed by atoms with van der Waals surface area (Å²) in [6.45, 7) is 2.23. The van der Waals surface area contributed by atoms with Crippen molar-refractivity contribution in [1.29, 1.82) is 0 Å². The molecule has 2 aromatic rings. The van der Waals surface area contributed by atoms with Gasteiger partial charge in [-0.05, 0) is 0 Å². The Morgan fingerprint density at radius 3 is 2.16 bits per heavy atom. The topological polar surface area (TPSA) is 3.24 Å². The first-order valence-corrected chi connectivity index (χ1v) is 14.1. The van der Waals surface area contributed by atoms with Crippen LogP contribution >= 0.6 is 8.51 Å². The summed E-state index contributed by atoms with van der Waals surface area (Å²) in [4.78, 5) is 2.23. The van der Waals surface area contributed by atoms with Gasteiger partial charge in [-0.3, -0.25) is 0 Å². The second-order valence-corrected chi connectivity index (χ2v) is 13.8. The van der Waals surface area contributed by atoms with E-state index in [0.29, 0.717) is 6.04 Å². The van der Waals surface area contributed by atoms with Crippen molar-refractivity contribution < 1.29 is 0 Å². The second-order valence-electron chi connectivity index (χ2n) is 4.81. The van der Waals surface area contributed by atoms with Crippen molar-refractivity contribution in [1.82, 2.24) is 4.90 Å². The Morgan fingerprint density at radius 2 is 1.53 bits per heavy atom. The maximum atomic E-state index is 6.87. The van der Waals surface area contributed by atoms with E-state index in [2.05, 4.69) is 74.4 Å². The molecule has 0 heterocycles. The van der Waals surface area contributed by atoms with E-state index in [-0.39, 0.29) is 0 Å². The van der Waals surface area contributed by atoms with Crippen molar-refractivity contribution in [2.75, 3.05) is 14.1 Å². The van der Waals surface area contributed by atoms with Gasteiger partial charge in [-0.2, -0.15) is 0 Å². The Bertz CT molecular complexity index is 527. The minimum atomic E-state index is -2.32. The van der Waals surface area contributed by atoms with Crippen LogP contribution in [0.25, 0.3) is 0 Å². The van der Waals surface area contributed by atoms with Gasteiger partial charge in [0.05, 0.1) is 0 Å². The van der Waals surface area contributed by atoms with Gasteiger partial charge in [-0.1, -0.05) is 0 Å². The fourth-order valence-electron chi connectivity index (χ4n) is 2.00. The fraction of sp³-hybridized carbons (Fsp3) is 0.250. The Balaban J connectivity index is 2.40. The predicted octanol–water partition coefficient (Wildman–Crippen LogP) is 2.65. The van der Waals surface area contributed by atoms with Crippen LogP contribution < -0.4 is 6.54 Å². The number of nitrogens with zero attached hydrogens (tertiary/aromatic N) is 1. The summed E-state index contributed by atoms with van der Waals surface area (Å²) in [6.07, 6.45) is 0. The van der Waals surface area contributed by atoms with Gasteiger partial charge in [0.15, 0.2) is 0 Å². The quantitative estimate of drug-likeness (QED) is 0.623. The van der Waals surface area contributed by atoms with Gasteiger partial charge in [-0.15, -0.1) is 0 Å². The first-order chi connectivity index (χ1) is 9.11. The van der Waals surface area contributed by atoms with Crippen LogP contribution in [0.15, 0.2) is 54.6 Å². The summed E-state index contributed by atoms with van der Waals surface area (Å²) < 4.78 is 2.74. The van der Waals surface area contributed by atoms with E-state index < -0.39 is 20.6 Å². The van der Waals surface area contributed by atoms with Crippen LogP contribution in [0.2, 0.25) is 0 Å². The Kier molecular flexibility index (Phi) is 5.39. The zero-order chi connectivity index (χ0) is 13.8. The van der Waals surface area contributed by atoms with E-state index in [1.165, 1.54) is 12.1 Å². The average molecular weight is 470 g/mol. The minimum absolute atomic E-state index is 0.399. The molecule has 0 unspecified atom stereocenters. The molecule has 0 aromatic heterocycles. The maximum absolute atomic E-state index is 6.87. The van der Waals surface area contributed by atoms with Crippen LogP contribution in [0.1, 0.15) is 18.5 Å². The molecule has 0 fully saturated rings. The van der Waals surface area contributed by atoms with Crippen LogP contribution in [0.5, 0.6) is 0 Å². The number of halogens is 1. The molecule has 2 aromatic carbocycles. The van der Waals surface area contributed by atoms with E-state index >= 15 is 0 Å². The molecule has 0 spiro atoms. The van der Waals surface area contributed by atoms with E-state index in [9.17, 15) is 0 Å². The summed E-state index contributed by atoms with van der Waals surface area (Å²) in [5.41, 5.74) is 1.38. The second kappa shape index (κ2) is 6.84. The number of benzene rings is 2. The molecule has 0 radical (unpaired) electrons. The summed E-state index contributed by atoms with van der Waals surface area (Å²) in [7, 11) is 11.1. The Labute approximate surface area is 127 Å². The number of rotatable bonds is 4. The zero-order valence-corrected chi connectivity index (χ0v) is 15.8. The molecule has 0 saturated heterocycles. The Hall–Kier alpha value is -0.427. The molecule has 19 heavy (non-hydrogen) atoms. The molecule has 0 aliphatic heterocycles. The molecular weight excluding hydrogens is 451 g/mol. The molecule has 100 valence electrons. The van der Waals surface area contributed by atoms with E-state index in [4.69, 9.17) is 8.51 Å². The van der Waals surface area contributed by atoms with Crippen LogP contribution in [-0.2, 0) is 0 Å². The molecule has 0 bridgehead atoms. The molecule has 0 saturated carbocycles. The van der Waals surface area contributed by atoms with Crippen molar-refractivity contribution in [2.45, 2.75) is 13.0 Å². The van der Waals surface area contributed by atoms with E-state index in [1.807, 2.05) is 6.07 Å². The third kappa shape index (κ3) is 3.57. The van der Waals surface area contributed by atoms with Crippen molar-refractivity contribution >= 4 is 35.6 Å². The standard InChI is InChI=1S/C10H14N.C6H5.Bi.ClH/c1-9(11(2)3)10-7-5-4-6-8-10;1-2-4-6-5-3-1;;/h4-7,9H,1-3H3;1-5H;;1H/q;;+1;/p-1/t9-;;;/m1.../s1. The first-order valence-electron chi connectivity index (χ1n) is 6.37. The van der Waals surface area contributed by atoms with Crippen LogP contribution in [0.4, 0.5) is 0 Å². The van der Waals surface area contributed by atoms with Crippen molar-refractivity contribution in [3.8, 4) is 0 Å². The van der Waals surface area contributed by atoms with Gasteiger partial charge >= 0.3 is 128 Å². The monoisotopic (exact) mass is 469 g/mol. The van der Waals surface area contributed by atoms with Gasteiger partial charge in [0.25, 0.3) is 0 Å². The van der Waals surface area contributed by atoms with Crippen LogP contribution in [0.3, 0.4) is 0 Å². The molecule has 3 heteroatoms. The van der Waals surface area contributed by atoms with Crippen molar-refractivity contribution in [2.24, 2.45) is 0 Å². The molecule has 1 atom stereocenters. The van der Waals surface area contributed by atoms with Gasteiger partial charge in [-0.25, -0.2) is 0 Å². The van der Waals surface area contributed by atoms with Crippen LogP contribution in [0, 0.1) is 0 Å².